The number of ether oxygens (including phenoxy) is 1. The molecule has 0 aliphatic carbocycles. The van der Waals surface area contributed by atoms with Crippen LogP contribution in [-0.4, -0.2) is 29.3 Å². The average molecular weight is 250 g/mol. The highest BCUT2D eigenvalue weighted by Crippen LogP contribution is 2.21. The Hall–Kier alpha value is -2.30. The fourth-order valence-electron chi connectivity index (χ4n) is 1.50. The molecule has 0 fully saturated rings. The monoisotopic (exact) mass is 250 g/mol. The summed E-state index contributed by atoms with van der Waals surface area (Å²) < 4.78 is 5.06. The molecule has 1 rings (SSSR count). The summed E-state index contributed by atoms with van der Waals surface area (Å²) in [5, 5.41) is 17.3. The third-order valence-corrected chi connectivity index (χ3v) is 2.25. The molecule has 18 heavy (non-hydrogen) atoms. The summed E-state index contributed by atoms with van der Waals surface area (Å²) in [5.41, 5.74) is 1.30. The maximum atomic E-state index is 10.7. The Kier molecular flexibility index (Phi) is 4.92. The van der Waals surface area contributed by atoms with Crippen molar-refractivity contribution in [2.24, 2.45) is 0 Å². The fourth-order valence-corrected chi connectivity index (χ4v) is 1.50. The maximum Gasteiger partial charge on any atom is 0.307 e. The van der Waals surface area contributed by atoms with Gasteiger partial charge in [0.25, 0.3) is 0 Å². The van der Waals surface area contributed by atoms with Crippen LogP contribution in [-0.2, 0) is 16.0 Å². The molecule has 0 unspecified atom stereocenters. The van der Waals surface area contributed by atoms with Crippen LogP contribution in [0.2, 0.25) is 0 Å². The lowest BCUT2D eigenvalue weighted by Crippen LogP contribution is -2.02. The molecule has 2 N–H and O–H groups in total. The van der Waals surface area contributed by atoms with Gasteiger partial charge in [0.1, 0.15) is 5.75 Å². The summed E-state index contributed by atoms with van der Waals surface area (Å²) in [6.45, 7) is 0. The summed E-state index contributed by atoms with van der Waals surface area (Å²) in [4.78, 5) is 21.1. The van der Waals surface area contributed by atoms with E-state index in [1.54, 1.807) is 24.3 Å². The van der Waals surface area contributed by atoms with Gasteiger partial charge in [-0.25, -0.2) is 0 Å². The minimum Gasteiger partial charge on any atom is -0.496 e. The van der Waals surface area contributed by atoms with Crippen LogP contribution in [0.3, 0.4) is 0 Å². The highest BCUT2D eigenvalue weighted by molar-refractivity contribution is 5.73. The number of aliphatic carboxylic acids is 2. The summed E-state index contributed by atoms with van der Waals surface area (Å²) in [5.74, 6) is -1.35. The van der Waals surface area contributed by atoms with Gasteiger partial charge in [0.05, 0.1) is 20.0 Å². The van der Waals surface area contributed by atoms with Gasteiger partial charge in [-0.2, -0.15) is 0 Å². The van der Waals surface area contributed by atoms with Gasteiger partial charge in [0.2, 0.25) is 0 Å². The third kappa shape index (κ3) is 4.29. The first-order chi connectivity index (χ1) is 8.52. The van der Waals surface area contributed by atoms with Crippen LogP contribution >= 0.6 is 0 Å². The van der Waals surface area contributed by atoms with Crippen molar-refractivity contribution >= 4 is 18.0 Å². The molecule has 0 amide bonds. The zero-order chi connectivity index (χ0) is 13.5. The highest BCUT2D eigenvalue weighted by atomic mass is 16.5. The predicted molar refractivity (Wildman–Crippen MR) is 65.6 cm³/mol. The molecule has 0 spiro atoms. The molecule has 0 aromatic heterocycles. The number of carbonyl (C=O) groups is 2. The SMILES string of the molecule is COc1ccc(C=CCC(=O)O)cc1CC(=O)O. The lowest BCUT2D eigenvalue weighted by Gasteiger charge is -2.07. The molecule has 0 atom stereocenters. The fraction of sp³-hybridized carbons (Fsp3) is 0.231. The smallest absolute Gasteiger partial charge is 0.307 e. The van der Waals surface area contributed by atoms with Gasteiger partial charge in [-0.3, -0.25) is 9.59 Å². The number of hydrogen-bond acceptors (Lipinski definition) is 3. The topological polar surface area (TPSA) is 83.8 Å². The summed E-state index contributed by atoms with van der Waals surface area (Å²) >= 11 is 0. The third-order valence-electron chi connectivity index (χ3n) is 2.25. The van der Waals surface area contributed by atoms with Crippen molar-refractivity contribution in [3.05, 3.63) is 35.4 Å². The molecule has 96 valence electrons. The molecule has 1 aromatic carbocycles. The van der Waals surface area contributed by atoms with Crippen LogP contribution in [0.15, 0.2) is 24.3 Å². The number of rotatable bonds is 6. The number of benzene rings is 1. The summed E-state index contributed by atoms with van der Waals surface area (Å²) in [6.07, 6.45) is 2.94. The van der Waals surface area contributed by atoms with Crippen LogP contribution in [0.1, 0.15) is 17.5 Å². The Morgan fingerprint density at radius 2 is 2.00 bits per heavy atom. The zero-order valence-corrected chi connectivity index (χ0v) is 9.92. The molecule has 1 aromatic rings. The molecular weight excluding hydrogens is 236 g/mol. The van der Waals surface area contributed by atoms with E-state index < -0.39 is 11.9 Å². The maximum absolute atomic E-state index is 10.7. The van der Waals surface area contributed by atoms with Gasteiger partial charge < -0.3 is 14.9 Å². The molecule has 0 aliphatic heterocycles. The van der Waals surface area contributed by atoms with Crippen molar-refractivity contribution in [3.63, 3.8) is 0 Å². The lowest BCUT2D eigenvalue weighted by molar-refractivity contribution is -0.137. The number of hydrogen-bond donors (Lipinski definition) is 2. The minimum atomic E-state index is -0.944. The average Bonchev–Trinajstić information content (AvgIpc) is 2.28. The van der Waals surface area contributed by atoms with Gasteiger partial charge in [0, 0.05) is 5.56 Å². The summed E-state index contributed by atoms with van der Waals surface area (Å²) in [7, 11) is 1.47. The van der Waals surface area contributed by atoms with Crippen molar-refractivity contribution in [2.75, 3.05) is 7.11 Å². The van der Waals surface area contributed by atoms with Gasteiger partial charge in [0.15, 0.2) is 0 Å². The van der Waals surface area contributed by atoms with Crippen molar-refractivity contribution in [2.45, 2.75) is 12.8 Å². The molecule has 0 saturated heterocycles. The molecule has 0 radical (unpaired) electrons. The van der Waals surface area contributed by atoms with Crippen LogP contribution in [0.5, 0.6) is 5.75 Å². The predicted octanol–water partition coefficient (Wildman–Crippen LogP) is 1.81. The summed E-state index contributed by atoms with van der Waals surface area (Å²) in [6, 6.07) is 5.08. The lowest BCUT2D eigenvalue weighted by atomic mass is 10.1. The van der Waals surface area contributed by atoms with Gasteiger partial charge in [-0.15, -0.1) is 0 Å². The number of methoxy groups -OCH3 is 1. The van der Waals surface area contributed by atoms with Gasteiger partial charge in [-0.1, -0.05) is 18.2 Å². The molecular formula is C13H14O5. The first kappa shape index (κ1) is 13.8. The van der Waals surface area contributed by atoms with E-state index >= 15 is 0 Å². The molecule has 0 heterocycles. The molecule has 0 aliphatic rings. The van der Waals surface area contributed by atoms with E-state index in [0.29, 0.717) is 11.3 Å². The van der Waals surface area contributed by atoms with Crippen molar-refractivity contribution in [3.8, 4) is 5.75 Å². The second kappa shape index (κ2) is 6.44. The van der Waals surface area contributed by atoms with E-state index in [1.165, 1.54) is 13.2 Å². The van der Waals surface area contributed by atoms with Crippen molar-refractivity contribution in [1.29, 1.82) is 0 Å². The van der Waals surface area contributed by atoms with E-state index in [9.17, 15) is 9.59 Å². The zero-order valence-electron chi connectivity index (χ0n) is 9.92. The van der Waals surface area contributed by atoms with Crippen molar-refractivity contribution < 1.29 is 24.5 Å². The minimum absolute atomic E-state index is 0.0692. The molecule has 0 saturated carbocycles. The van der Waals surface area contributed by atoms with Crippen LogP contribution in [0.25, 0.3) is 6.08 Å². The van der Waals surface area contributed by atoms with E-state index in [1.807, 2.05) is 0 Å². The van der Waals surface area contributed by atoms with Crippen LogP contribution in [0, 0.1) is 0 Å². The Morgan fingerprint density at radius 1 is 1.28 bits per heavy atom. The van der Waals surface area contributed by atoms with Gasteiger partial charge >= 0.3 is 11.9 Å². The second-order valence-corrected chi connectivity index (χ2v) is 3.64. The highest BCUT2D eigenvalue weighted by Gasteiger charge is 2.07. The van der Waals surface area contributed by atoms with E-state index in [4.69, 9.17) is 14.9 Å². The Bertz CT molecular complexity index is 476. The van der Waals surface area contributed by atoms with E-state index in [0.717, 1.165) is 5.56 Å². The quantitative estimate of drug-likeness (QED) is 0.804. The standard InChI is InChI=1S/C13H14O5/c1-18-11-6-5-9(3-2-4-12(14)15)7-10(11)8-13(16)17/h2-3,5-7H,4,8H2,1H3,(H,14,15)(H,16,17). The molecule has 5 nitrogen and oxygen atoms in total. The van der Waals surface area contributed by atoms with Crippen molar-refractivity contribution in [1.82, 2.24) is 0 Å². The first-order valence-corrected chi connectivity index (χ1v) is 5.30. The number of carboxylic acid groups (broad SMARTS) is 2. The Morgan fingerprint density at radius 3 is 2.56 bits per heavy atom. The molecule has 5 heteroatoms. The Balaban J connectivity index is 2.91. The number of carboxylic acids is 2. The largest absolute Gasteiger partial charge is 0.496 e. The van der Waals surface area contributed by atoms with Gasteiger partial charge in [-0.05, 0) is 17.7 Å². The second-order valence-electron chi connectivity index (χ2n) is 3.64. The normalized spacial score (nSPS) is 10.5. The Labute approximate surface area is 104 Å². The first-order valence-electron chi connectivity index (χ1n) is 5.30. The molecule has 0 bridgehead atoms. The van der Waals surface area contributed by atoms with Crippen LogP contribution < -0.4 is 4.74 Å². The van der Waals surface area contributed by atoms with Crippen LogP contribution in [0.4, 0.5) is 0 Å². The van der Waals surface area contributed by atoms with E-state index in [2.05, 4.69) is 0 Å². The van der Waals surface area contributed by atoms with E-state index in [-0.39, 0.29) is 12.8 Å².